The Morgan fingerprint density at radius 3 is 2.73 bits per heavy atom. The molecule has 0 fully saturated rings. The van der Waals surface area contributed by atoms with Crippen molar-refractivity contribution in [3.8, 4) is 17.6 Å². The minimum absolute atomic E-state index is 0.298. The Labute approximate surface area is 150 Å². The molecule has 2 aromatic rings. The monoisotopic (exact) mass is 348 g/mol. The summed E-state index contributed by atoms with van der Waals surface area (Å²) in [5, 5.41) is 9.08. The van der Waals surface area contributed by atoms with E-state index in [1.807, 2.05) is 12.1 Å². The Morgan fingerprint density at radius 2 is 2.04 bits per heavy atom. The van der Waals surface area contributed by atoms with Crippen molar-refractivity contribution < 1.29 is 14.3 Å². The molecule has 1 amide bonds. The molecule has 0 bridgehead atoms. The maximum Gasteiger partial charge on any atom is 0.280 e. The van der Waals surface area contributed by atoms with Crippen LogP contribution in [0.4, 0.5) is 0 Å². The number of carbonyl (C=O) groups is 1. The number of rotatable bonds is 3. The van der Waals surface area contributed by atoms with Gasteiger partial charge in [-0.2, -0.15) is 10.3 Å². The zero-order chi connectivity index (χ0) is 18.7. The van der Waals surface area contributed by atoms with Gasteiger partial charge in [0.15, 0.2) is 5.96 Å². The number of aliphatic imine (C=N–C) groups is 1. The van der Waals surface area contributed by atoms with Crippen LogP contribution < -0.4 is 20.9 Å². The maximum atomic E-state index is 12.1. The smallest absolute Gasteiger partial charge is 0.280 e. The van der Waals surface area contributed by atoms with Gasteiger partial charge in [-0.05, 0) is 48.0 Å². The molecule has 0 saturated heterocycles. The van der Waals surface area contributed by atoms with E-state index < -0.39 is 5.91 Å². The fourth-order valence-corrected chi connectivity index (χ4v) is 2.74. The van der Waals surface area contributed by atoms with E-state index in [2.05, 4.69) is 11.1 Å². The van der Waals surface area contributed by atoms with E-state index in [9.17, 15) is 4.79 Å². The van der Waals surface area contributed by atoms with Crippen molar-refractivity contribution in [2.45, 2.75) is 0 Å². The molecular formula is C19H16N4O3. The molecule has 0 atom stereocenters. The van der Waals surface area contributed by atoms with E-state index in [1.54, 1.807) is 37.4 Å². The topological polar surface area (TPSA) is 124 Å². The second-order valence-corrected chi connectivity index (χ2v) is 5.51. The van der Waals surface area contributed by atoms with Gasteiger partial charge in [0.2, 0.25) is 0 Å². The number of nitrogens with two attached hydrogens (primary N) is 2. The van der Waals surface area contributed by atoms with Gasteiger partial charge in [-0.25, -0.2) is 0 Å². The van der Waals surface area contributed by atoms with Gasteiger partial charge < -0.3 is 20.9 Å². The van der Waals surface area contributed by atoms with Gasteiger partial charge in [0.25, 0.3) is 5.91 Å². The molecule has 130 valence electrons. The molecule has 1 heterocycles. The highest BCUT2D eigenvalue weighted by Crippen LogP contribution is 2.38. The molecule has 1 aliphatic rings. The van der Waals surface area contributed by atoms with E-state index in [1.165, 1.54) is 0 Å². The summed E-state index contributed by atoms with van der Waals surface area (Å²) in [7, 11) is 1.54. The van der Waals surface area contributed by atoms with Crippen molar-refractivity contribution >= 4 is 17.4 Å². The van der Waals surface area contributed by atoms with Crippen LogP contribution in [0, 0.1) is 11.3 Å². The number of hydrogen-bond acceptors (Lipinski definition) is 4. The molecule has 0 spiro atoms. The van der Waals surface area contributed by atoms with Crippen LogP contribution in [0.25, 0.3) is 5.57 Å². The molecule has 3 rings (SSSR count). The minimum Gasteiger partial charge on any atom is -0.496 e. The number of benzene rings is 2. The minimum atomic E-state index is -0.537. The Hall–Kier alpha value is -3.79. The first-order valence-corrected chi connectivity index (χ1v) is 7.73. The van der Waals surface area contributed by atoms with Crippen LogP contribution in [-0.4, -0.2) is 25.6 Å². The molecule has 0 saturated carbocycles. The summed E-state index contributed by atoms with van der Waals surface area (Å²) in [5.41, 5.74) is 13.7. The average molecular weight is 348 g/mol. The number of carbonyl (C=O) groups excluding carboxylic acids is 1. The number of fused-ring (bicyclic) bond motifs is 1. The highest BCUT2D eigenvalue weighted by atomic mass is 16.5. The first-order chi connectivity index (χ1) is 12.5. The predicted molar refractivity (Wildman–Crippen MR) is 96.9 cm³/mol. The van der Waals surface area contributed by atoms with Gasteiger partial charge >= 0.3 is 0 Å². The van der Waals surface area contributed by atoms with Crippen LogP contribution in [0.1, 0.15) is 27.0 Å². The molecule has 0 aromatic heterocycles. The molecule has 7 nitrogen and oxygen atoms in total. The van der Waals surface area contributed by atoms with Crippen LogP contribution in [0.3, 0.4) is 0 Å². The third kappa shape index (κ3) is 3.21. The van der Waals surface area contributed by atoms with Gasteiger partial charge in [0.1, 0.15) is 18.1 Å². The lowest BCUT2D eigenvalue weighted by Gasteiger charge is -2.21. The summed E-state index contributed by atoms with van der Waals surface area (Å²) in [4.78, 5) is 15.7. The summed E-state index contributed by atoms with van der Waals surface area (Å²) in [5.74, 6) is 0.359. The number of ether oxygens (including phenoxy) is 2. The molecular weight excluding hydrogens is 332 g/mol. The standard InChI is InChI=1S/C19H16N4O3/c1-25-17-8-11(10-20)2-4-14(17)13-6-7-26-16-5-3-12(9-15(13)16)18(24)23-19(21)22/h2-6,8-9H,7H2,1H3,(H4,21,22,23,24). The maximum absolute atomic E-state index is 12.1. The predicted octanol–water partition coefficient (Wildman–Crippen LogP) is 1.80. The summed E-state index contributed by atoms with van der Waals surface area (Å²) in [6.07, 6.45) is 1.89. The number of amides is 1. The largest absolute Gasteiger partial charge is 0.496 e. The van der Waals surface area contributed by atoms with Crippen LogP contribution in [0.5, 0.6) is 11.5 Å². The average Bonchev–Trinajstić information content (AvgIpc) is 2.66. The highest BCUT2D eigenvalue weighted by Gasteiger charge is 2.20. The molecule has 7 heteroatoms. The third-order valence-electron chi connectivity index (χ3n) is 3.89. The lowest BCUT2D eigenvalue weighted by molar-refractivity contribution is 0.100. The Bertz CT molecular complexity index is 983. The number of methoxy groups -OCH3 is 1. The van der Waals surface area contributed by atoms with Gasteiger partial charge in [-0.3, -0.25) is 4.79 Å². The summed E-state index contributed by atoms with van der Waals surface area (Å²) < 4.78 is 11.1. The van der Waals surface area contributed by atoms with Gasteiger partial charge in [-0.15, -0.1) is 0 Å². The SMILES string of the molecule is COc1cc(C#N)ccc1C1=CCOc2ccc(C(=O)N=C(N)N)cc21. The molecule has 0 radical (unpaired) electrons. The quantitative estimate of drug-likeness (QED) is 0.644. The Morgan fingerprint density at radius 1 is 1.23 bits per heavy atom. The second-order valence-electron chi connectivity index (χ2n) is 5.51. The fourth-order valence-electron chi connectivity index (χ4n) is 2.74. The van der Waals surface area contributed by atoms with Crippen molar-refractivity contribution in [3.05, 3.63) is 64.7 Å². The van der Waals surface area contributed by atoms with Crippen LogP contribution in [0.15, 0.2) is 47.5 Å². The summed E-state index contributed by atoms with van der Waals surface area (Å²) in [6.45, 7) is 0.382. The van der Waals surface area contributed by atoms with E-state index in [4.69, 9.17) is 26.2 Å². The van der Waals surface area contributed by atoms with Gasteiger partial charge in [-0.1, -0.05) is 0 Å². The van der Waals surface area contributed by atoms with Gasteiger partial charge in [0, 0.05) is 16.7 Å². The van der Waals surface area contributed by atoms with Crippen molar-refractivity contribution in [1.82, 2.24) is 0 Å². The van der Waals surface area contributed by atoms with E-state index in [0.29, 0.717) is 29.2 Å². The zero-order valence-electron chi connectivity index (χ0n) is 14.0. The van der Waals surface area contributed by atoms with Crippen LogP contribution in [0.2, 0.25) is 0 Å². The Balaban J connectivity index is 2.11. The molecule has 0 aliphatic carbocycles. The first-order valence-electron chi connectivity index (χ1n) is 7.73. The van der Waals surface area contributed by atoms with Crippen LogP contribution in [-0.2, 0) is 0 Å². The van der Waals surface area contributed by atoms with Crippen molar-refractivity contribution in [3.63, 3.8) is 0 Å². The van der Waals surface area contributed by atoms with E-state index >= 15 is 0 Å². The lowest BCUT2D eigenvalue weighted by atomic mass is 9.92. The highest BCUT2D eigenvalue weighted by molar-refractivity contribution is 6.03. The fraction of sp³-hybridized carbons (Fsp3) is 0.105. The molecule has 4 N–H and O–H groups in total. The molecule has 26 heavy (non-hydrogen) atoms. The summed E-state index contributed by atoms with van der Waals surface area (Å²) >= 11 is 0. The Kier molecular flexibility index (Phi) is 4.58. The second kappa shape index (κ2) is 6.99. The number of nitrogens with zero attached hydrogens (tertiary/aromatic N) is 2. The van der Waals surface area contributed by atoms with Crippen molar-refractivity contribution in [2.24, 2.45) is 16.5 Å². The molecule has 2 aromatic carbocycles. The van der Waals surface area contributed by atoms with Gasteiger partial charge in [0.05, 0.1) is 18.7 Å². The summed E-state index contributed by atoms with van der Waals surface area (Å²) in [6, 6.07) is 12.3. The van der Waals surface area contributed by atoms with E-state index in [0.717, 1.165) is 16.7 Å². The molecule has 1 aliphatic heterocycles. The van der Waals surface area contributed by atoms with Crippen molar-refractivity contribution in [2.75, 3.05) is 13.7 Å². The number of nitriles is 1. The normalized spacial score (nSPS) is 12.1. The van der Waals surface area contributed by atoms with Crippen LogP contribution >= 0.6 is 0 Å². The number of guanidine groups is 1. The third-order valence-corrected chi connectivity index (χ3v) is 3.89. The van der Waals surface area contributed by atoms with Crippen molar-refractivity contribution in [1.29, 1.82) is 5.26 Å². The zero-order valence-corrected chi connectivity index (χ0v) is 14.0. The van der Waals surface area contributed by atoms with E-state index in [-0.39, 0.29) is 5.96 Å². The first kappa shape index (κ1) is 17.0. The molecule has 0 unspecified atom stereocenters. The number of hydrogen-bond donors (Lipinski definition) is 2. The lowest BCUT2D eigenvalue weighted by Crippen LogP contribution is -2.24.